The van der Waals surface area contributed by atoms with Crippen molar-refractivity contribution in [3.05, 3.63) is 48.0 Å². The van der Waals surface area contributed by atoms with Crippen molar-refractivity contribution in [3.8, 4) is 0 Å². The Hall–Kier alpha value is -1.57. The molecule has 0 aliphatic carbocycles. The van der Waals surface area contributed by atoms with E-state index in [9.17, 15) is 4.39 Å². The Labute approximate surface area is 95.2 Å². The zero-order chi connectivity index (χ0) is 11.7. The average molecular weight is 217 g/mol. The Morgan fingerprint density at radius 1 is 1.50 bits per heavy atom. The van der Waals surface area contributed by atoms with E-state index < -0.39 is 0 Å². The second-order valence-electron chi connectivity index (χ2n) is 4.15. The molecule has 2 rings (SSSR count). The Kier molecular flexibility index (Phi) is 2.82. The van der Waals surface area contributed by atoms with Crippen LogP contribution in [0.1, 0.15) is 31.5 Å². The second-order valence-corrected chi connectivity index (χ2v) is 4.15. The van der Waals surface area contributed by atoms with Gasteiger partial charge in [0.2, 0.25) is 0 Å². The van der Waals surface area contributed by atoms with E-state index in [0.29, 0.717) is 5.52 Å². The largest absolute Gasteiger partial charge is 0.318 e. The number of fused-ring (bicyclic) bond motifs is 1. The summed E-state index contributed by atoms with van der Waals surface area (Å²) in [5, 5.41) is 0. The first kappa shape index (κ1) is 10.9. The smallest absolute Gasteiger partial charge is 0.147 e. The molecule has 2 heteroatoms. The van der Waals surface area contributed by atoms with Gasteiger partial charge in [-0.05, 0) is 37.1 Å². The van der Waals surface area contributed by atoms with Gasteiger partial charge in [-0.1, -0.05) is 19.9 Å². The molecular weight excluding hydrogens is 201 g/mol. The highest BCUT2D eigenvalue weighted by Gasteiger charge is 2.12. The molecule has 0 unspecified atom stereocenters. The van der Waals surface area contributed by atoms with E-state index in [0.717, 1.165) is 29.7 Å². The molecule has 0 aliphatic heterocycles. The van der Waals surface area contributed by atoms with Crippen LogP contribution in [0.15, 0.2) is 31.0 Å². The van der Waals surface area contributed by atoms with Gasteiger partial charge in [-0.2, -0.15) is 0 Å². The minimum absolute atomic E-state index is 0.178. The molecule has 0 amide bonds. The third-order valence-corrected chi connectivity index (χ3v) is 2.79. The molecule has 0 radical (unpaired) electrons. The Morgan fingerprint density at radius 3 is 2.88 bits per heavy atom. The van der Waals surface area contributed by atoms with E-state index in [1.54, 1.807) is 6.07 Å². The minimum atomic E-state index is -0.178. The lowest BCUT2D eigenvalue weighted by Gasteiger charge is -2.02. The van der Waals surface area contributed by atoms with E-state index in [2.05, 4.69) is 13.5 Å². The fourth-order valence-electron chi connectivity index (χ4n) is 2.06. The standard InChI is InChI=1S/C14H16FN/c1-4-6-11-9-12(10(2)3)14-13(15)7-5-8-16(11)14/h5,7-9H,2,4,6H2,1,3H3. The molecule has 0 saturated heterocycles. The van der Waals surface area contributed by atoms with Gasteiger partial charge in [0.05, 0.1) is 5.52 Å². The first-order chi connectivity index (χ1) is 7.65. The predicted molar refractivity (Wildman–Crippen MR) is 66.1 cm³/mol. The molecule has 1 nitrogen and oxygen atoms in total. The quantitative estimate of drug-likeness (QED) is 0.730. The van der Waals surface area contributed by atoms with Crippen LogP contribution < -0.4 is 0 Å². The van der Waals surface area contributed by atoms with E-state index >= 15 is 0 Å². The number of pyridine rings is 1. The van der Waals surface area contributed by atoms with Gasteiger partial charge in [-0.25, -0.2) is 4.39 Å². The lowest BCUT2D eigenvalue weighted by atomic mass is 10.1. The number of rotatable bonds is 3. The van der Waals surface area contributed by atoms with Crippen molar-refractivity contribution in [3.63, 3.8) is 0 Å². The summed E-state index contributed by atoms with van der Waals surface area (Å²) in [5.41, 5.74) is 3.62. The van der Waals surface area contributed by atoms with Gasteiger partial charge in [0.1, 0.15) is 5.82 Å². The molecule has 2 aromatic rings. The highest BCUT2D eigenvalue weighted by Crippen LogP contribution is 2.25. The van der Waals surface area contributed by atoms with Crippen molar-refractivity contribution in [2.24, 2.45) is 0 Å². The monoisotopic (exact) mass is 217 g/mol. The first-order valence-electron chi connectivity index (χ1n) is 5.59. The van der Waals surface area contributed by atoms with Gasteiger partial charge in [-0.3, -0.25) is 0 Å². The van der Waals surface area contributed by atoms with Crippen LogP contribution in [-0.4, -0.2) is 4.40 Å². The third-order valence-electron chi connectivity index (χ3n) is 2.79. The number of hydrogen-bond acceptors (Lipinski definition) is 0. The molecule has 2 heterocycles. The number of halogens is 1. The maximum absolute atomic E-state index is 13.8. The normalized spacial score (nSPS) is 10.9. The summed E-state index contributed by atoms with van der Waals surface area (Å²) >= 11 is 0. The van der Waals surface area contributed by atoms with Gasteiger partial charge in [0.15, 0.2) is 0 Å². The summed E-state index contributed by atoms with van der Waals surface area (Å²) < 4.78 is 15.7. The minimum Gasteiger partial charge on any atom is -0.318 e. The van der Waals surface area contributed by atoms with Crippen LogP contribution in [0.4, 0.5) is 4.39 Å². The fourth-order valence-corrected chi connectivity index (χ4v) is 2.06. The van der Waals surface area contributed by atoms with Crippen LogP contribution in [0.2, 0.25) is 0 Å². The van der Waals surface area contributed by atoms with Crippen LogP contribution in [0.25, 0.3) is 11.1 Å². The van der Waals surface area contributed by atoms with Crippen molar-refractivity contribution >= 4 is 11.1 Å². The Bertz CT molecular complexity index is 537. The number of aromatic nitrogens is 1. The molecule has 0 aliphatic rings. The summed E-state index contributed by atoms with van der Waals surface area (Å²) in [6.45, 7) is 7.95. The molecule has 0 fully saturated rings. The van der Waals surface area contributed by atoms with Crippen molar-refractivity contribution in [1.29, 1.82) is 0 Å². The van der Waals surface area contributed by atoms with Gasteiger partial charge in [0, 0.05) is 17.5 Å². The van der Waals surface area contributed by atoms with Crippen molar-refractivity contribution in [2.45, 2.75) is 26.7 Å². The van der Waals surface area contributed by atoms with Gasteiger partial charge >= 0.3 is 0 Å². The summed E-state index contributed by atoms with van der Waals surface area (Å²) in [6.07, 6.45) is 3.92. The number of hydrogen-bond donors (Lipinski definition) is 0. The molecule has 2 aromatic heterocycles. The molecule has 16 heavy (non-hydrogen) atoms. The summed E-state index contributed by atoms with van der Waals surface area (Å²) in [5.74, 6) is -0.178. The molecule has 0 bridgehead atoms. The lowest BCUT2D eigenvalue weighted by Crippen LogP contribution is -1.93. The average Bonchev–Trinajstić information content (AvgIpc) is 2.60. The van der Waals surface area contributed by atoms with E-state index in [1.165, 1.54) is 6.07 Å². The summed E-state index contributed by atoms with van der Waals surface area (Å²) in [7, 11) is 0. The van der Waals surface area contributed by atoms with Crippen molar-refractivity contribution < 1.29 is 4.39 Å². The Balaban J connectivity index is 2.76. The van der Waals surface area contributed by atoms with Gasteiger partial charge in [-0.15, -0.1) is 0 Å². The van der Waals surface area contributed by atoms with Crippen molar-refractivity contribution in [2.75, 3.05) is 0 Å². The van der Waals surface area contributed by atoms with Crippen LogP contribution >= 0.6 is 0 Å². The van der Waals surface area contributed by atoms with E-state index in [-0.39, 0.29) is 5.82 Å². The fraction of sp³-hybridized carbons (Fsp3) is 0.286. The zero-order valence-corrected chi connectivity index (χ0v) is 9.76. The molecule has 0 saturated carbocycles. The topological polar surface area (TPSA) is 4.41 Å². The molecule has 84 valence electrons. The molecule has 0 aromatic carbocycles. The summed E-state index contributed by atoms with van der Waals surface area (Å²) in [4.78, 5) is 0. The molecule has 0 spiro atoms. The van der Waals surface area contributed by atoms with Crippen LogP contribution in [-0.2, 0) is 6.42 Å². The third kappa shape index (κ3) is 1.64. The molecule has 0 N–H and O–H groups in total. The highest BCUT2D eigenvalue weighted by molar-refractivity contribution is 5.78. The lowest BCUT2D eigenvalue weighted by molar-refractivity contribution is 0.632. The van der Waals surface area contributed by atoms with Crippen LogP contribution in [0.3, 0.4) is 0 Å². The predicted octanol–water partition coefficient (Wildman–Crippen LogP) is 4.06. The number of aryl methyl sites for hydroxylation is 1. The maximum atomic E-state index is 13.8. The Morgan fingerprint density at radius 2 is 2.25 bits per heavy atom. The van der Waals surface area contributed by atoms with Gasteiger partial charge in [0.25, 0.3) is 0 Å². The van der Waals surface area contributed by atoms with Crippen LogP contribution in [0, 0.1) is 5.82 Å². The van der Waals surface area contributed by atoms with Crippen LogP contribution in [0.5, 0.6) is 0 Å². The van der Waals surface area contributed by atoms with Gasteiger partial charge < -0.3 is 4.40 Å². The van der Waals surface area contributed by atoms with E-state index in [4.69, 9.17) is 0 Å². The summed E-state index contributed by atoms with van der Waals surface area (Å²) in [6, 6.07) is 5.28. The molecular formula is C14H16FN. The first-order valence-corrected chi connectivity index (χ1v) is 5.59. The second kappa shape index (κ2) is 4.12. The maximum Gasteiger partial charge on any atom is 0.147 e. The highest BCUT2D eigenvalue weighted by atomic mass is 19.1. The number of nitrogens with zero attached hydrogens (tertiary/aromatic N) is 1. The number of allylic oxidation sites excluding steroid dienone is 1. The SMILES string of the molecule is C=C(C)c1cc(CCC)n2cccc(F)c12. The van der Waals surface area contributed by atoms with E-state index in [1.807, 2.05) is 23.6 Å². The zero-order valence-electron chi connectivity index (χ0n) is 9.76. The van der Waals surface area contributed by atoms with Crippen molar-refractivity contribution in [1.82, 2.24) is 4.40 Å². The molecule has 0 atom stereocenters.